The molecule has 1 fully saturated rings. The van der Waals surface area contributed by atoms with E-state index in [2.05, 4.69) is 17.8 Å². The van der Waals surface area contributed by atoms with E-state index in [9.17, 15) is 4.79 Å². The molecule has 1 aromatic rings. The summed E-state index contributed by atoms with van der Waals surface area (Å²) < 4.78 is 4.99. The highest BCUT2D eigenvalue weighted by atomic mass is 32.1. The van der Waals surface area contributed by atoms with Crippen molar-refractivity contribution >= 4 is 24.4 Å². The van der Waals surface area contributed by atoms with Crippen molar-refractivity contribution in [1.82, 2.24) is 5.16 Å². The van der Waals surface area contributed by atoms with Gasteiger partial charge in [0.2, 0.25) is 11.8 Å². The first-order valence-electron chi connectivity index (χ1n) is 4.08. The third kappa shape index (κ3) is 1.56. The normalized spacial score (nSPS) is 22.8. The number of thiol groups is 1. The van der Waals surface area contributed by atoms with E-state index in [1.165, 1.54) is 0 Å². The molecule has 0 aromatic carbocycles. The fraction of sp³-hybridized carbons (Fsp3) is 0.500. The Hall–Kier alpha value is -0.970. The fourth-order valence-corrected chi connectivity index (χ4v) is 1.70. The second-order valence-electron chi connectivity index (χ2n) is 3.17. The molecule has 1 aromatic heterocycles. The lowest BCUT2D eigenvalue weighted by Gasteiger charge is -2.09. The van der Waals surface area contributed by atoms with E-state index < -0.39 is 0 Å². The maximum absolute atomic E-state index is 11.4. The Kier molecular flexibility index (Phi) is 2.03. The smallest absolute Gasteiger partial charge is 0.234 e. The second-order valence-corrected chi connectivity index (χ2v) is 3.90. The van der Waals surface area contributed by atoms with Crippen LogP contribution in [0.1, 0.15) is 12.1 Å². The summed E-state index contributed by atoms with van der Waals surface area (Å²) in [5.74, 6) is 0.579. The van der Waals surface area contributed by atoms with Gasteiger partial charge in [-0.1, -0.05) is 5.16 Å². The third-order valence-electron chi connectivity index (χ3n) is 1.99. The van der Waals surface area contributed by atoms with Crippen LogP contribution in [0.25, 0.3) is 0 Å². The van der Waals surface area contributed by atoms with Gasteiger partial charge in [-0.15, -0.1) is 0 Å². The Balaban J connectivity index is 2.22. The fourth-order valence-electron chi connectivity index (χ4n) is 1.38. The number of nitrogens with zero attached hydrogens (tertiary/aromatic N) is 2. The number of carbonyl (C=O) groups excluding carboxylic acids is 1. The number of carbonyl (C=O) groups is 1. The second kappa shape index (κ2) is 3.06. The van der Waals surface area contributed by atoms with Crippen molar-refractivity contribution < 1.29 is 9.32 Å². The summed E-state index contributed by atoms with van der Waals surface area (Å²) in [6.07, 6.45) is 0.475. The minimum atomic E-state index is 0.0520. The highest BCUT2D eigenvalue weighted by Gasteiger charge is 2.30. The van der Waals surface area contributed by atoms with Crippen LogP contribution in [0.2, 0.25) is 0 Å². The SMILES string of the molecule is Cc1cc(N2CC(S)CC2=O)on1. The summed E-state index contributed by atoms with van der Waals surface area (Å²) in [6.45, 7) is 2.43. The molecule has 1 aliphatic heterocycles. The van der Waals surface area contributed by atoms with Crippen molar-refractivity contribution in [2.24, 2.45) is 0 Å². The topological polar surface area (TPSA) is 46.3 Å². The summed E-state index contributed by atoms with van der Waals surface area (Å²) in [6, 6.07) is 1.75. The van der Waals surface area contributed by atoms with Crippen LogP contribution in [0, 0.1) is 6.92 Å². The highest BCUT2D eigenvalue weighted by molar-refractivity contribution is 7.81. The quantitative estimate of drug-likeness (QED) is 0.685. The van der Waals surface area contributed by atoms with Gasteiger partial charge in [0.05, 0.1) is 5.69 Å². The molecule has 0 N–H and O–H groups in total. The first-order valence-corrected chi connectivity index (χ1v) is 4.60. The molecule has 1 atom stereocenters. The van der Waals surface area contributed by atoms with Crippen molar-refractivity contribution in [3.63, 3.8) is 0 Å². The van der Waals surface area contributed by atoms with Gasteiger partial charge in [-0.2, -0.15) is 12.6 Å². The number of hydrogen-bond donors (Lipinski definition) is 1. The maximum Gasteiger partial charge on any atom is 0.234 e. The molecule has 13 heavy (non-hydrogen) atoms. The van der Waals surface area contributed by atoms with E-state index in [1.54, 1.807) is 11.0 Å². The van der Waals surface area contributed by atoms with Crippen molar-refractivity contribution in [1.29, 1.82) is 0 Å². The van der Waals surface area contributed by atoms with Gasteiger partial charge >= 0.3 is 0 Å². The van der Waals surface area contributed by atoms with Gasteiger partial charge in [-0.05, 0) is 6.92 Å². The van der Waals surface area contributed by atoms with Crippen molar-refractivity contribution in [3.05, 3.63) is 11.8 Å². The summed E-state index contributed by atoms with van der Waals surface area (Å²) in [5, 5.41) is 3.84. The molecule has 0 radical (unpaired) electrons. The van der Waals surface area contributed by atoms with Gasteiger partial charge in [0.15, 0.2) is 0 Å². The Morgan fingerprint density at radius 3 is 3.00 bits per heavy atom. The van der Waals surface area contributed by atoms with Gasteiger partial charge in [0.1, 0.15) is 0 Å². The van der Waals surface area contributed by atoms with E-state index in [0.717, 1.165) is 5.69 Å². The molecule has 2 rings (SSSR count). The van der Waals surface area contributed by atoms with Gasteiger partial charge in [0, 0.05) is 24.3 Å². The van der Waals surface area contributed by atoms with Crippen molar-refractivity contribution in [3.8, 4) is 0 Å². The molecule has 70 valence electrons. The Morgan fingerprint density at radius 2 is 2.54 bits per heavy atom. The molecule has 1 unspecified atom stereocenters. The minimum Gasteiger partial charge on any atom is -0.338 e. The van der Waals surface area contributed by atoms with E-state index >= 15 is 0 Å². The summed E-state index contributed by atoms with van der Waals surface area (Å²) >= 11 is 4.24. The van der Waals surface area contributed by atoms with Gasteiger partial charge in [-0.25, -0.2) is 0 Å². The maximum atomic E-state index is 11.4. The molecule has 4 nitrogen and oxygen atoms in total. The van der Waals surface area contributed by atoms with Gasteiger partial charge in [0.25, 0.3) is 0 Å². The van der Waals surface area contributed by atoms with Crippen molar-refractivity contribution in [2.45, 2.75) is 18.6 Å². The predicted molar refractivity (Wildman–Crippen MR) is 51.0 cm³/mol. The first kappa shape index (κ1) is 8.62. The number of amides is 1. The zero-order chi connectivity index (χ0) is 9.42. The zero-order valence-electron chi connectivity index (χ0n) is 7.23. The number of aryl methyl sites for hydroxylation is 1. The molecule has 0 bridgehead atoms. The van der Waals surface area contributed by atoms with Crippen LogP contribution < -0.4 is 4.90 Å². The summed E-state index contributed by atoms with van der Waals surface area (Å²) in [5.41, 5.74) is 0.783. The molecule has 5 heteroatoms. The average Bonchev–Trinajstić information content (AvgIpc) is 2.58. The van der Waals surface area contributed by atoms with E-state index in [1.807, 2.05) is 6.92 Å². The number of aromatic nitrogens is 1. The lowest BCUT2D eigenvalue weighted by Crippen LogP contribution is -2.23. The number of rotatable bonds is 1. The Morgan fingerprint density at radius 1 is 1.77 bits per heavy atom. The molecule has 0 saturated carbocycles. The van der Waals surface area contributed by atoms with E-state index in [4.69, 9.17) is 4.52 Å². The molecular weight excluding hydrogens is 188 g/mol. The average molecular weight is 198 g/mol. The first-order chi connectivity index (χ1) is 6.16. The monoisotopic (exact) mass is 198 g/mol. The van der Waals surface area contributed by atoms with Crippen LogP contribution in [0.4, 0.5) is 5.88 Å². The van der Waals surface area contributed by atoms with Crippen molar-refractivity contribution in [2.75, 3.05) is 11.4 Å². The number of hydrogen-bond acceptors (Lipinski definition) is 4. The van der Waals surface area contributed by atoms with Crippen LogP contribution >= 0.6 is 12.6 Å². The Labute approximate surface area is 81.3 Å². The lowest BCUT2D eigenvalue weighted by atomic mass is 10.4. The van der Waals surface area contributed by atoms with Crippen LogP contribution in [0.5, 0.6) is 0 Å². The van der Waals surface area contributed by atoms with Crippen LogP contribution in [-0.4, -0.2) is 22.9 Å². The molecule has 0 aliphatic carbocycles. The van der Waals surface area contributed by atoms with E-state index in [-0.39, 0.29) is 11.2 Å². The summed E-state index contributed by atoms with van der Waals surface area (Å²) in [7, 11) is 0. The Bertz CT molecular complexity index is 337. The molecule has 1 aliphatic rings. The summed E-state index contributed by atoms with van der Waals surface area (Å²) in [4.78, 5) is 13.0. The third-order valence-corrected chi connectivity index (χ3v) is 2.33. The molecule has 2 heterocycles. The van der Waals surface area contributed by atoms with Crippen LogP contribution in [0.3, 0.4) is 0 Å². The lowest BCUT2D eigenvalue weighted by molar-refractivity contribution is -0.117. The predicted octanol–water partition coefficient (Wildman–Crippen LogP) is 1.02. The molecular formula is C8H10N2O2S. The molecule has 1 saturated heterocycles. The minimum absolute atomic E-state index is 0.0520. The number of anilines is 1. The van der Waals surface area contributed by atoms with Gasteiger partial charge in [-0.3, -0.25) is 9.69 Å². The standard InChI is InChI=1S/C8H10N2O2S/c1-5-2-8(12-9-5)10-4-6(13)3-7(10)11/h2,6,13H,3-4H2,1H3. The van der Waals surface area contributed by atoms with Crippen LogP contribution in [-0.2, 0) is 4.79 Å². The molecule has 1 amide bonds. The largest absolute Gasteiger partial charge is 0.338 e. The highest BCUT2D eigenvalue weighted by Crippen LogP contribution is 2.24. The molecule has 0 spiro atoms. The zero-order valence-corrected chi connectivity index (χ0v) is 8.12. The van der Waals surface area contributed by atoms with Gasteiger partial charge < -0.3 is 4.52 Å². The van der Waals surface area contributed by atoms with Crippen LogP contribution in [0.15, 0.2) is 10.6 Å². The van der Waals surface area contributed by atoms with E-state index in [0.29, 0.717) is 18.8 Å².